The maximum Gasteiger partial charge on any atom is 0.251 e. The smallest absolute Gasteiger partial charge is 0.251 e. The molecule has 0 bridgehead atoms. The van der Waals surface area contributed by atoms with Gasteiger partial charge in [-0.2, -0.15) is 0 Å². The summed E-state index contributed by atoms with van der Waals surface area (Å²) in [6.07, 6.45) is 1.90. The van der Waals surface area contributed by atoms with Crippen LogP contribution in [0.3, 0.4) is 0 Å². The molecule has 1 aromatic rings. The Balaban J connectivity index is 2.02. The fraction of sp³-hybridized carbons (Fsp3) is 0.500. The lowest BCUT2D eigenvalue weighted by atomic mass is 10.00. The van der Waals surface area contributed by atoms with Crippen molar-refractivity contribution in [1.82, 2.24) is 5.32 Å². The van der Waals surface area contributed by atoms with Crippen LogP contribution in [0.4, 0.5) is 0 Å². The van der Waals surface area contributed by atoms with Crippen LogP contribution in [-0.4, -0.2) is 34.1 Å². The summed E-state index contributed by atoms with van der Waals surface area (Å²) in [6, 6.07) is 4.26. The number of primary sulfonamides is 1. The number of amides is 1. The molecule has 0 spiro atoms. The maximum absolute atomic E-state index is 12.1. The average molecular weight is 312 g/mol. The van der Waals surface area contributed by atoms with Gasteiger partial charge in [-0.15, -0.1) is 0 Å². The summed E-state index contributed by atoms with van der Waals surface area (Å²) in [7, 11) is -3.74. The summed E-state index contributed by atoms with van der Waals surface area (Å²) in [4.78, 5) is 12.2. The van der Waals surface area contributed by atoms with Crippen LogP contribution in [0.15, 0.2) is 23.1 Å². The molecule has 21 heavy (non-hydrogen) atoms. The van der Waals surface area contributed by atoms with Gasteiger partial charge >= 0.3 is 0 Å². The lowest BCUT2D eigenvalue weighted by Crippen LogP contribution is -2.32. The molecule has 1 heterocycles. The molecule has 0 radical (unpaired) electrons. The fourth-order valence-corrected chi connectivity index (χ4v) is 2.95. The minimum atomic E-state index is -3.74. The van der Waals surface area contributed by atoms with Gasteiger partial charge in [-0.1, -0.05) is 0 Å². The maximum atomic E-state index is 12.1. The minimum Gasteiger partial charge on any atom is -0.381 e. The standard InChI is InChI=1S/C14H20N2O4S/c1-10-8-12(21(15,18)19)2-3-13(10)14(17)16-9-11-4-6-20-7-5-11/h2-3,8,11H,4-7,9H2,1H3,(H,16,17)(H2,15,18,19). The second kappa shape index (κ2) is 6.55. The van der Waals surface area contributed by atoms with Gasteiger partial charge in [0, 0.05) is 25.3 Å². The highest BCUT2D eigenvalue weighted by Gasteiger charge is 2.17. The number of ether oxygens (including phenoxy) is 1. The predicted molar refractivity (Wildman–Crippen MR) is 78.4 cm³/mol. The zero-order valence-corrected chi connectivity index (χ0v) is 12.8. The highest BCUT2D eigenvalue weighted by molar-refractivity contribution is 7.89. The van der Waals surface area contributed by atoms with E-state index >= 15 is 0 Å². The van der Waals surface area contributed by atoms with E-state index in [-0.39, 0.29) is 10.8 Å². The molecule has 0 aliphatic carbocycles. The highest BCUT2D eigenvalue weighted by Crippen LogP contribution is 2.16. The average Bonchev–Trinajstić information content (AvgIpc) is 2.45. The Kier molecular flexibility index (Phi) is 4.97. The van der Waals surface area contributed by atoms with Gasteiger partial charge in [-0.3, -0.25) is 4.79 Å². The first-order chi connectivity index (χ1) is 9.88. The second-order valence-electron chi connectivity index (χ2n) is 5.29. The molecule has 1 aromatic carbocycles. The van der Waals surface area contributed by atoms with E-state index in [1.54, 1.807) is 6.92 Å². The van der Waals surface area contributed by atoms with E-state index in [2.05, 4.69) is 5.32 Å². The van der Waals surface area contributed by atoms with Crippen LogP contribution in [0.2, 0.25) is 0 Å². The third-order valence-electron chi connectivity index (χ3n) is 3.66. The number of carbonyl (C=O) groups is 1. The molecule has 3 N–H and O–H groups in total. The van der Waals surface area contributed by atoms with E-state index in [0.717, 1.165) is 26.1 Å². The molecule has 7 heteroatoms. The molecule has 0 unspecified atom stereocenters. The van der Waals surface area contributed by atoms with Gasteiger partial charge < -0.3 is 10.1 Å². The van der Waals surface area contributed by atoms with Crippen LogP contribution in [0.1, 0.15) is 28.8 Å². The van der Waals surface area contributed by atoms with Crippen molar-refractivity contribution in [2.75, 3.05) is 19.8 Å². The van der Waals surface area contributed by atoms with Crippen LogP contribution in [0.5, 0.6) is 0 Å². The van der Waals surface area contributed by atoms with Crippen molar-refractivity contribution in [3.8, 4) is 0 Å². The summed E-state index contributed by atoms with van der Waals surface area (Å²) in [5.74, 6) is 0.242. The Morgan fingerprint density at radius 3 is 2.62 bits per heavy atom. The quantitative estimate of drug-likeness (QED) is 0.859. The van der Waals surface area contributed by atoms with Gasteiger partial charge in [0.15, 0.2) is 0 Å². The predicted octanol–water partition coefficient (Wildman–Crippen LogP) is 0.799. The molecular formula is C14H20N2O4S. The summed E-state index contributed by atoms with van der Waals surface area (Å²) < 4.78 is 27.8. The molecule has 0 aromatic heterocycles. The van der Waals surface area contributed by atoms with Crippen LogP contribution >= 0.6 is 0 Å². The number of aryl methyl sites for hydroxylation is 1. The van der Waals surface area contributed by atoms with E-state index in [1.807, 2.05) is 0 Å². The van der Waals surface area contributed by atoms with E-state index in [4.69, 9.17) is 9.88 Å². The Labute approximate surface area is 124 Å². The first kappa shape index (κ1) is 15.9. The lowest BCUT2D eigenvalue weighted by molar-refractivity contribution is 0.0642. The summed E-state index contributed by atoms with van der Waals surface area (Å²) >= 11 is 0. The van der Waals surface area contributed by atoms with Gasteiger partial charge in [-0.05, 0) is 49.4 Å². The van der Waals surface area contributed by atoms with Crippen molar-refractivity contribution in [2.24, 2.45) is 11.1 Å². The summed E-state index contributed by atoms with van der Waals surface area (Å²) in [5, 5.41) is 7.96. The molecule has 0 atom stereocenters. The van der Waals surface area contributed by atoms with Gasteiger partial charge in [0.05, 0.1) is 4.90 Å². The van der Waals surface area contributed by atoms with Crippen molar-refractivity contribution in [3.63, 3.8) is 0 Å². The van der Waals surface area contributed by atoms with Crippen molar-refractivity contribution < 1.29 is 17.9 Å². The molecule has 1 fully saturated rings. The third kappa shape index (κ3) is 4.26. The summed E-state index contributed by atoms with van der Waals surface area (Å²) in [5.41, 5.74) is 1.06. The zero-order valence-electron chi connectivity index (χ0n) is 12.0. The zero-order chi connectivity index (χ0) is 15.5. The molecule has 1 saturated heterocycles. The first-order valence-electron chi connectivity index (χ1n) is 6.87. The highest BCUT2D eigenvalue weighted by atomic mass is 32.2. The molecule has 0 saturated carbocycles. The molecule has 1 amide bonds. The number of benzene rings is 1. The van der Waals surface area contributed by atoms with Crippen molar-refractivity contribution in [1.29, 1.82) is 0 Å². The minimum absolute atomic E-state index is 0.0148. The first-order valence-corrected chi connectivity index (χ1v) is 8.42. The molecule has 116 valence electrons. The van der Waals surface area contributed by atoms with E-state index < -0.39 is 10.0 Å². The molecular weight excluding hydrogens is 292 g/mol. The van der Waals surface area contributed by atoms with Crippen LogP contribution < -0.4 is 10.5 Å². The van der Waals surface area contributed by atoms with Gasteiger partial charge in [0.25, 0.3) is 5.91 Å². The topological polar surface area (TPSA) is 98.5 Å². The van der Waals surface area contributed by atoms with Gasteiger partial charge in [-0.25, -0.2) is 13.6 Å². The number of sulfonamides is 1. The third-order valence-corrected chi connectivity index (χ3v) is 4.57. The Bertz CT molecular complexity index is 622. The molecule has 6 nitrogen and oxygen atoms in total. The second-order valence-corrected chi connectivity index (χ2v) is 6.85. The van der Waals surface area contributed by atoms with Crippen LogP contribution in [-0.2, 0) is 14.8 Å². The number of nitrogens with one attached hydrogen (secondary N) is 1. The molecule has 1 aliphatic rings. The van der Waals surface area contributed by atoms with Gasteiger partial charge in [0.1, 0.15) is 0 Å². The lowest BCUT2D eigenvalue weighted by Gasteiger charge is -2.22. The van der Waals surface area contributed by atoms with Crippen molar-refractivity contribution >= 4 is 15.9 Å². The van der Waals surface area contributed by atoms with Gasteiger partial charge in [0.2, 0.25) is 10.0 Å². The van der Waals surface area contributed by atoms with E-state index in [0.29, 0.717) is 23.6 Å². The van der Waals surface area contributed by atoms with Crippen LogP contribution in [0.25, 0.3) is 0 Å². The Morgan fingerprint density at radius 2 is 2.05 bits per heavy atom. The largest absolute Gasteiger partial charge is 0.381 e. The fourth-order valence-electron chi connectivity index (χ4n) is 2.35. The number of rotatable bonds is 4. The molecule has 2 rings (SSSR count). The monoisotopic (exact) mass is 312 g/mol. The van der Waals surface area contributed by atoms with E-state index in [1.165, 1.54) is 18.2 Å². The Hall–Kier alpha value is -1.44. The number of carbonyl (C=O) groups excluding carboxylic acids is 1. The van der Waals surface area contributed by atoms with Crippen LogP contribution in [0, 0.1) is 12.8 Å². The van der Waals surface area contributed by atoms with E-state index in [9.17, 15) is 13.2 Å². The number of nitrogens with two attached hydrogens (primary N) is 1. The summed E-state index contributed by atoms with van der Waals surface area (Å²) in [6.45, 7) is 3.78. The SMILES string of the molecule is Cc1cc(S(N)(=O)=O)ccc1C(=O)NCC1CCOCC1. The van der Waals surface area contributed by atoms with Crippen molar-refractivity contribution in [2.45, 2.75) is 24.7 Å². The Morgan fingerprint density at radius 1 is 1.38 bits per heavy atom. The molecule has 1 aliphatic heterocycles. The number of hydrogen-bond donors (Lipinski definition) is 2. The van der Waals surface area contributed by atoms with Crippen molar-refractivity contribution in [3.05, 3.63) is 29.3 Å². The normalized spacial score (nSPS) is 16.7. The number of hydrogen-bond acceptors (Lipinski definition) is 4.